The van der Waals surface area contributed by atoms with Crippen LogP contribution in [0.15, 0.2) is 35.4 Å². The van der Waals surface area contributed by atoms with E-state index in [0.29, 0.717) is 5.82 Å². The molecule has 0 saturated carbocycles. The van der Waals surface area contributed by atoms with Gasteiger partial charge < -0.3 is 24.8 Å². The number of fused-ring (bicyclic) bond motifs is 1. The van der Waals surface area contributed by atoms with E-state index in [0.717, 1.165) is 12.1 Å². The Bertz CT molecular complexity index is 1350. The highest BCUT2D eigenvalue weighted by Gasteiger charge is 2.48. The highest BCUT2D eigenvalue weighted by Crippen LogP contribution is 2.40. The zero-order valence-electron chi connectivity index (χ0n) is 18.3. The molecule has 0 amide bonds. The standard InChI is InChI=1S/C21H21F2N7O4/c1-21(2,3)20-28-18(34-29-20)15-13(31)14(32)19(33-15)30-8-26-12-16(24-7-25-17(12)30)27-9-4-5-10(22)11(23)6-9/h4-8,13-15,19,31-32H,1-3H3,(H,24,25,27)/t13-,14+,15-,19+/m0/s1. The van der Waals surface area contributed by atoms with Crippen LogP contribution in [0.5, 0.6) is 0 Å². The van der Waals surface area contributed by atoms with Crippen molar-refractivity contribution >= 4 is 22.7 Å². The van der Waals surface area contributed by atoms with E-state index in [1.807, 2.05) is 20.8 Å². The number of hydrogen-bond donors (Lipinski definition) is 3. The van der Waals surface area contributed by atoms with Crippen LogP contribution in [-0.2, 0) is 10.2 Å². The molecular weight excluding hydrogens is 452 g/mol. The van der Waals surface area contributed by atoms with Crippen molar-refractivity contribution in [2.24, 2.45) is 0 Å². The zero-order chi connectivity index (χ0) is 24.2. The number of rotatable bonds is 4. The van der Waals surface area contributed by atoms with Gasteiger partial charge in [0.15, 0.2) is 46.8 Å². The molecule has 4 aromatic rings. The number of nitrogens with zero attached hydrogens (tertiary/aromatic N) is 6. The normalized spacial score (nSPS) is 23.0. The molecule has 1 aromatic carbocycles. The maximum absolute atomic E-state index is 13.6. The van der Waals surface area contributed by atoms with E-state index < -0.39 is 36.2 Å². The number of benzene rings is 1. The summed E-state index contributed by atoms with van der Waals surface area (Å²) in [5.74, 6) is -1.28. The summed E-state index contributed by atoms with van der Waals surface area (Å²) >= 11 is 0. The van der Waals surface area contributed by atoms with Crippen molar-refractivity contribution < 1.29 is 28.3 Å². The fourth-order valence-corrected chi connectivity index (χ4v) is 3.59. The molecule has 0 aliphatic carbocycles. The van der Waals surface area contributed by atoms with Crippen molar-refractivity contribution in [2.75, 3.05) is 5.32 Å². The predicted octanol–water partition coefficient (Wildman–Crippen LogP) is 2.52. The second kappa shape index (κ2) is 8.04. The van der Waals surface area contributed by atoms with Crippen molar-refractivity contribution in [1.82, 2.24) is 29.7 Å². The largest absolute Gasteiger partial charge is 0.387 e. The first-order valence-corrected chi connectivity index (χ1v) is 10.4. The van der Waals surface area contributed by atoms with Crippen LogP contribution in [-0.4, -0.2) is 52.1 Å². The van der Waals surface area contributed by atoms with Crippen LogP contribution >= 0.6 is 0 Å². The maximum atomic E-state index is 13.6. The minimum absolute atomic E-state index is 0.0405. The Morgan fingerprint density at radius 3 is 2.56 bits per heavy atom. The predicted molar refractivity (Wildman–Crippen MR) is 113 cm³/mol. The number of aromatic nitrogens is 6. The van der Waals surface area contributed by atoms with Gasteiger partial charge in [-0.25, -0.2) is 23.7 Å². The minimum Gasteiger partial charge on any atom is -0.387 e. The monoisotopic (exact) mass is 473 g/mol. The molecule has 5 rings (SSSR count). The van der Waals surface area contributed by atoms with E-state index in [2.05, 4.69) is 30.4 Å². The first-order valence-electron chi connectivity index (χ1n) is 10.4. The summed E-state index contributed by atoms with van der Waals surface area (Å²) in [5.41, 5.74) is 0.441. The molecule has 1 aliphatic rings. The summed E-state index contributed by atoms with van der Waals surface area (Å²) in [6.07, 6.45) is -2.23. The van der Waals surface area contributed by atoms with Crippen molar-refractivity contribution in [2.45, 2.75) is 50.7 Å². The second-order valence-corrected chi connectivity index (χ2v) is 8.93. The lowest BCUT2D eigenvalue weighted by molar-refractivity contribution is -0.0451. The minimum atomic E-state index is -1.36. The molecule has 4 atom stereocenters. The first-order chi connectivity index (χ1) is 16.1. The third kappa shape index (κ3) is 3.77. The molecule has 178 valence electrons. The van der Waals surface area contributed by atoms with Gasteiger partial charge in [0.05, 0.1) is 6.33 Å². The Balaban J connectivity index is 1.44. The van der Waals surface area contributed by atoms with Crippen LogP contribution in [0.25, 0.3) is 11.2 Å². The van der Waals surface area contributed by atoms with Crippen LogP contribution in [0.2, 0.25) is 0 Å². The van der Waals surface area contributed by atoms with Gasteiger partial charge in [-0.05, 0) is 12.1 Å². The van der Waals surface area contributed by atoms with Gasteiger partial charge >= 0.3 is 0 Å². The molecule has 11 nitrogen and oxygen atoms in total. The zero-order valence-corrected chi connectivity index (χ0v) is 18.3. The van der Waals surface area contributed by atoms with E-state index in [4.69, 9.17) is 9.26 Å². The number of aliphatic hydroxyl groups excluding tert-OH is 2. The SMILES string of the molecule is CC(C)(C)c1noc([C@H]2O[C@@H](n3cnc4c(Nc5ccc(F)c(F)c5)ncnc43)[C@H](O)[C@@H]2O)n1. The third-order valence-electron chi connectivity index (χ3n) is 5.41. The van der Waals surface area contributed by atoms with Crippen molar-refractivity contribution in [3.8, 4) is 0 Å². The number of hydrogen-bond acceptors (Lipinski definition) is 10. The Kier molecular flexibility index (Phi) is 5.26. The Hall–Kier alpha value is -3.55. The van der Waals surface area contributed by atoms with E-state index in [1.165, 1.54) is 23.3 Å². The molecule has 13 heteroatoms. The summed E-state index contributed by atoms with van der Waals surface area (Å²) in [4.78, 5) is 16.9. The summed E-state index contributed by atoms with van der Waals surface area (Å²) in [7, 11) is 0. The molecule has 0 radical (unpaired) electrons. The lowest BCUT2D eigenvalue weighted by Crippen LogP contribution is -2.29. The molecule has 0 spiro atoms. The number of imidazole rings is 1. The smallest absolute Gasteiger partial charge is 0.258 e. The second-order valence-electron chi connectivity index (χ2n) is 8.93. The number of nitrogens with one attached hydrogen (secondary N) is 1. The van der Waals surface area contributed by atoms with E-state index in [9.17, 15) is 19.0 Å². The Morgan fingerprint density at radius 2 is 1.85 bits per heavy atom. The van der Waals surface area contributed by atoms with Crippen LogP contribution < -0.4 is 5.32 Å². The molecule has 0 unspecified atom stereocenters. The fourth-order valence-electron chi connectivity index (χ4n) is 3.59. The molecule has 0 bridgehead atoms. The maximum Gasteiger partial charge on any atom is 0.258 e. The van der Waals surface area contributed by atoms with Gasteiger partial charge in [0, 0.05) is 17.2 Å². The van der Waals surface area contributed by atoms with Gasteiger partial charge in [-0.3, -0.25) is 4.57 Å². The average Bonchev–Trinajstić information content (AvgIpc) is 3.50. The van der Waals surface area contributed by atoms with E-state index >= 15 is 0 Å². The molecule has 1 fully saturated rings. The molecule has 1 saturated heterocycles. The first kappa shape index (κ1) is 22.3. The van der Waals surface area contributed by atoms with Gasteiger partial charge in [-0.2, -0.15) is 4.98 Å². The fraction of sp³-hybridized carbons (Fsp3) is 0.381. The Morgan fingerprint density at radius 1 is 1.06 bits per heavy atom. The van der Waals surface area contributed by atoms with Crippen LogP contribution in [0.4, 0.5) is 20.3 Å². The number of ether oxygens (including phenoxy) is 1. The Labute approximate surface area is 191 Å². The molecule has 4 heterocycles. The summed E-state index contributed by atoms with van der Waals surface area (Å²) in [6.45, 7) is 5.73. The summed E-state index contributed by atoms with van der Waals surface area (Å²) < 4.78 is 39.4. The highest BCUT2D eigenvalue weighted by atomic mass is 19.2. The lowest BCUT2D eigenvalue weighted by Gasteiger charge is -2.16. The summed E-state index contributed by atoms with van der Waals surface area (Å²) in [6, 6.07) is 3.33. The number of halogens is 2. The van der Waals surface area contributed by atoms with Crippen molar-refractivity contribution in [3.05, 3.63) is 54.2 Å². The van der Waals surface area contributed by atoms with Gasteiger partial charge in [-0.15, -0.1) is 0 Å². The van der Waals surface area contributed by atoms with Gasteiger partial charge in [0.25, 0.3) is 5.89 Å². The van der Waals surface area contributed by atoms with Gasteiger partial charge in [0.1, 0.15) is 18.5 Å². The highest BCUT2D eigenvalue weighted by molar-refractivity contribution is 5.85. The molecule has 34 heavy (non-hydrogen) atoms. The van der Waals surface area contributed by atoms with Crippen molar-refractivity contribution in [3.63, 3.8) is 0 Å². The van der Waals surface area contributed by atoms with Crippen LogP contribution in [0.1, 0.15) is 44.8 Å². The number of anilines is 2. The van der Waals surface area contributed by atoms with Crippen molar-refractivity contribution in [1.29, 1.82) is 0 Å². The average molecular weight is 473 g/mol. The molecule has 3 N–H and O–H groups in total. The van der Waals surface area contributed by atoms with Gasteiger partial charge in [-0.1, -0.05) is 25.9 Å². The third-order valence-corrected chi connectivity index (χ3v) is 5.41. The molecule has 3 aromatic heterocycles. The van der Waals surface area contributed by atoms with Crippen LogP contribution in [0.3, 0.4) is 0 Å². The van der Waals surface area contributed by atoms with Crippen LogP contribution in [0, 0.1) is 11.6 Å². The van der Waals surface area contributed by atoms with E-state index in [-0.39, 0.29) is 34.0 Å². The number of aliphatic hydroxyl groups is 2. The lowest BCUT2D eigenvalue weighted by atomic mass is 9.96. The van der Waals surface area contributed by atoms with Gasteiger partial charge in [0.2, 0.25) is 0 Å². The summed E-state index contributed by atoms with van der Waals surface area (Å²) in [5, 5.41) is 28.1. The molecule has 1 aliphatic heterocycles. The van der Waals surface area contributed by atoms with E-state index in [1.54, 1.807) is 0 Å². The molecular formula is C21H21F2N7O4. The quantitative estimate of drug-likeness (QED) is 0.404. The topological polar surface area (TPSA) is 144 Å².